The summed E-state index contributed by atoms with van der Waals surface area (Å²) in [5.41, 5.74) is 6.76. The van der Waals surface area contributed by atoms with Crippen LogP contribution in [0.5, 0.6) is 0 Å². The standard InChI is InChI=1S/C17H22N8S2/c1-10(2)9-19-16-24-25-17(27-16)26-11(3)13-21-14(18)23-15(22-13)20-12-7-5-4-6-8-12/h4-8,10-11H,9H2,1-3H3,(H,19,24)(H3,18,20,21,22,23). The first-order valence-corrected chi connectivity index (χ1v) is 10.3. The van der Waals surface area contributed by atoms with Crippen molar-refractivity contribution in [2.24, 2.45) is 5.92 Å². The van der Waals surface area contributed by atoms with Gasteiger partial charge in [0.25, 0.3) is 0 Å². The van der Waals surface area contributed by atoms with Gasteiger partial charge in [-0.3, -0.25) is 0 Å². The summed E-state index contributed by atoms with van der Waals surface area (Å²) in [6.45, 7) is 7.18. The van der Waals surface area contributed by atoms with Crippen molar-refractivity contribution < 1.29 is 0 Å². The van der Waals surface area contributed by atoms with Crippen molar-refractivity contribution in [2.75, 3.05) is 22.9 Å². The van der Waals surface area contributed by atoms with Crippen molar-refractivity contribution in [3.63, 3.8) is 0 Å². The minimum absolute atomic E-state index is 0.0440. The van der Waals surface area contributed by atoms with Crippen molar-refractivity contribution in [1.29, 1.82) is 0 Å². The van der Waals surface area contributed by atoms with Crippen LogP contribution in [0.4, 0.5) is 22.7 Å². The Hall–Kier alpha value is -2.46. The summed E-state index contributed by atoms with van der Waals surface area (Å²) in [5.74, 6) is 1.75. The van der Waals surface area contributed by atoms with Crippen molar-refractivity contribution in [1.82, 2.24) is 25.1 Å². The molecule has 3 rings (SSSR count). The number of para-hydroxylation sites is 1. The fourth-order valence-corrected chi connectivity index (χ4v) is 4.07. The van der Waals surface area contributed by atoms with E-state index in [1.54, 1.807) is 11.8 Å². The van der Waals surface area contributed by atoms with Gasteiger partial charge in [0, 0.05) is 12.2 Å². The highest BCUT2D eigenvalue weighted by Crippen LogP contribution is 2.36. The van der Waals surface area contributed by atoms with E-state index in [0.717, 1.165) is 21.7 Å². The summed E-state index contributed by atoms with van der Waals surface area (Å²) >= 11 is 3.06. The minimum atomic E-state index is -0.0440. The Kier molecular flexibility index (Phi) is 6.40. The van der Waals surface area contributed by atoms with Gasteiger partial charge < -0.3 is 16.4 Å². The molecule has 0 aliphatic carbocycles. The number of aromatic nitrogens is 5. The lowest BCUT2D eigenvalue weighted by molar-refractivity contribution is 0.687. The van der Waals surface area contributed by atoms with E-state index in [0.29, 0.717) is 17.7 Å². The summed E-state index contributed by atoms with van der Waals surface area (Å²) < 4.78 is 0.852. The Balaban J connectivity index is 1.68. The lowest BCUT2D eigenvalue weighted by Gasteiger charge is -2.10. The van der Waals surface area contributed by atoms with E-state index >= 15 is 0 Å². The molecule has 2 heterocycles. The highest BCUT2D eigenvalue weighted by atomic mass is 32.2. The highest BCUT2D eigenvalue weighted by molar-refractivity contribution is 8.01. The van der Waals surface area contributed by atoms with Gasteiger partial charge in [-0.05, 0) is 25.0 Å². The molecule has 0 saturated heterocycles. The summed E-state index contributed by atoms with van der Waals surface area (Å²) in [6.07, 6.45) is 0. The molecule has 27 heavy (non-hydrogen) atoms. The van der Waals surface area contributed by atoms with E-state index in [9.17, 15) is 0 Å². The van der Waals surface area contributed by atoms with Crippen LogP contribution in [0.2, 0.25) is 0 Å². The normalized spacial score (nSPS) is 12.1. The van der Waals surface area contributed by atoms with Crippen LogP contribution in [0.15, 0.2) is 34.7 Å². The Morgan fingerprint density at radius 2 is 1.85 bits per heavy atom. The zero-order chi connectivity index (χ0) is 19.2. The maximum atomic E-state index is 5.87. The van der Waals surface area contributed by atoms with Crippen molar-refractivity contribution >= 4 is 45.8 Å². The molecular weight excluding hydrogens is 380 g/mol. The number of thioether (sulfide) groups is 1. The van der Waals surface area contributed by atoms with Gasteiger partial charge in [-0.15, -0.1) is 10.2 Å². The molecule has 2 aromatic heterocycles. The second kappa shape index (κ2) is 8.96. The molecule has 142 valence electrons. The number of hydrogen-bond donors (Lipinski definition) is 3. The molecule has 0 fully saturated rings. The molecule has 0 saturated carbocycles. The van der Waals surface area contributed by atoms with Gasteiger partial charge in [-0.25, -0.2) is 0 Å². The molecule has 0 aliphatic heterocycles. The highest BCUT2D eigenvalue weighted by Gasteiger charge is 2.16. The fourth-order valence-electron chi connectivity index (χ4n) is 2.12. The molecule has 0 bridgehead atoms. The van der Waals surface area contributed by atoms with E-state index in [1.807, 2.05) is 37.3 Å². The number of nitrogens with one attached hydrogen (secondary N) is 2. The molecule has 4 N–H and O–H groups in total. The van der Waals surface area contributed by atoms with Gasteiger partial charge in [-0.2, -0.15) is 15.0 Å². The molecule has 8 nitrogen and oxygen atoms in total. The van der Waals surface area contributed by atoms with E-state index < -0.39 is 0 Å². The first-order chi connectivity index (χ1) is 13.0. The van der Waals surface area contributed by atoms with Crippen molar-refractivity contribution in [3.8, 4) is 0 Å². The van der Waals surface area contributed by atoms with Crippen LogP contribution in [0.3, 0.4) is 0 Å². The third-order valence-corrected chi connectivity index (χ3v) is 5.47. The van der Waals surface area contributed by atoms with E-state index in [2.05, 4.69) is 49.6 Å². The van der Waals surface area contributed by atoms with Gasteiger partial charge >= 0.3 is 0 Å². The Labute approximate surface area is 166 Å². The summed E-state index contributed by atoms with van der Waals surface area (Å²) in [7, 11) is 0. The lowest BCUT2D eigenvalue weighted by atomic mass is 10.2. The van der Waals surface area contributed by atoms with Crippen LogP contribution >= 0.6 is 23.1 Å². The number of hydrogen-bond acceptors (Lipinski definition) is 10. The quantitative estimate of drug-likeness (QED) is 0.481. The predicted molar refractivity (Wildman–Crippen MR) is 111 cm³/mol. The van der Waals surface area contributed by atoms with Crippen LogP contribution in [0.1, 0.15) is 31.8 Å². The maximum absolute atomic E-state index is 5.87. The topological polar surface area (TPSA) is 115 Å². The van der Waals surface area contributed by atoms with Crippen molar-refractivity contribution in [2.45, 2.75) is 30.4 Å². The van der Waals surface area contributed by atoms with Crippen LogP contribution in [-0.4, -0.2) is 31.7 Å². The SMILES string of the molecule is CC(C)CNc1nnc(SC(C)c2nc(N)nc(Nc3ccccc3)n2)s1. The van der Waals surface area contributed by atoms with Gasteiger partial charge in [0.1, 0.15) is 5.82 Å². The van der Waals surface area contributed by atoms with E-state index in [-0.39, 0.29) is 11.2 Å². The number of nitrogens with zero attached hydrogens (tertiary/aromatic N) is 5. The number of nitrogens with two attached hydrogens (primary N) is 1. The Morgan fingerprint density at radius 3 is 2.59 bits per heavy atom. The number of benzene rings is 1. The zero-order valence-electron chi connectivity index (χ0n) is 15.4. The molecule has 3 aromatic rings. The van der Waals surface area contributed by atoms with Crippen LogP contribution in [-0.2, 0) is 0 Å². The summed E-state index contributed by atoms with van der Waals surface area (Å²) in [5, 5.41) is 15.6. The van der Waals surface area contributed by atoms with E-state index in [1.165, 1.54) is 11.3 Å². The third-order valence-electron chi connectivity index (χ3n) is 3.41. The second-order valence-corrected chi connectivity index (χ2v) is 8.84. The second-order valence-electron chi connectivity index (χ2n) is 6.27. The van der Waals surface area contributed by atoms with Crippen LogP contribution in [0, 0.1) is 5.92 Å². The Morgan fingerprint density at radius 1 is 1.07 bits per heavy atom. The molecule has 1 aromatic carbocycles. The fraction of sp³-hybridized carbons (Fsp3) is 0.353. The molecule has 0 spiro atoms. The number of nitrogen functional groups attached to an aromatic ring is 1. The van der Waals surface area contributed by atoms with Crippen LogP contribution in [0.25, 0.3) is 0 Å². The molecule has 10 heteroatoms. The average Bonchev–Trinajstić information content (AvgIpc) is 3.08. The predicted octanol–water partition coefficient (Wildman–Crippen LogP) is 3.97. The number of rotatable bonds is 8. The molecule has 0 aliphatic rings. The van der Waals surface area contributed by atoms with Gasteiger partial charge in [0.15, 0.2) is 4.34 Å². The van der Waals surface area contributed by atoms with Gasteiger partial charge in [0.2, 0.25) is 17.0 Å². The summed E-state index contributed by atoms with van der Waals surface area (Å²) in [6, 6.07) is 9.69. The monoisotopic (exact) mass is 402 g/mol. The van der Waals surface area contributed by atoms with Crippen molar-refractivity contribution in [3.05, 3.63) is 36.2 Å². The molecule has 0 radical (unpaired) electrons. The minimum Gasteiger partial charge on any atom is -0.368 e. The maximum Gasteiger partial charge on any atom is 0.232 e. The first-order valence-electron chi connectivity index (χ1n) is 8.57. The van der Waals surface area contributed by atoms with Crippen LogP contribution < -0.4 is 16.4 Å². The molecule has 1 unspecified atom stereocenters. The molecule has 1 atom stereocenters. The van der Waals surface area contributed by atoms with Gasteiger partial charge in [0.05, 0.1) is 5.25 Å². The lowest BCUT2D eigenvalue weighted by Crippen LogP contribution is -2.08. The average molecular weight is 403 g/mol. The largest absolute Gasteiger partial charge is 0.368 e. The molecule has 0 amide bonds. The summed E-state index contributed by atoms with van der Waals surface area (Å²) in [4.78, 5) is 12.9. The zero-order valence-corrected chi connectivity index (χ0v) is 17.0. The van der Waals surface area contributed by atoms with E-state index in [4.69, 9.17) is 5.73 Å². The first kappa shape index (κ1) is 19.3. The Bertz CT molecular complexity index is 868. The van der Waals surface area contributed by atoms with Gasteiger partial charge in [-0.1, -0.05) is 55.1 Å². The third kappa shape index (κ3) is 5.76. The molecular formula is C17H22N8S2. The smallest absolute Gasteiger partial charge is 0.232 e. The number of anilines is 4.